The van der Waals surface area contributed by atoms with Crippen LogP contribution in [0.4, 0.5) is 0 Å². The van der Waals surface area contributed by atoms with Crippen LogP contribution >= 0.6 is 0 Å². The number of fused-ring (bicyclic) bond motifs is 1. The van der Waals surface area contributed by atoms with Gasteiger partial charge in [0, 0.05) is 0 Å². The third-order valence-electron chi connectivity index (χ3n) is 4.31. The van der Waals surface area contributed by atoms with E-state index in [-0.39, 0.29) is 24.1 Å². The average molecular weight is 351 g/mol. The minimum absolute atomic E-state index is 0.0661. The SMILES string of the molecule is CC[C@@H](NC(=O)Cn1cnc2ccccc2c1=O)c1ccc(OC)cc1. The molecule has 1 N–H and O–H groups in total. The molecule has 1 aromatic heterocycles. The average Bonchev–Trinajstić information content (AvgIpc) is 2.68. The third-order valence-corrected chi connectivity index (χ3v) is 4.31. The predicted octanol–water partition coefficient (Wildman–Crippen LogP) is 2.67. The smallest absolute Gasteiger partial charge is 0.261 e. The molecule has 6 heteroatoms. The van der Waals surface area contributed by atoms with Gasteiger partial charge < -0.3 is 10.1 Å². The molecule has 0 fully saturated rings. The highest BCUT2D eigenvalue weighted by atomic mass is 16.5. The molecule has 0 saturated carbocycles. The monoisotopic (exact) mass is 351 g/mol. The number of carbonyl (C=O) groups excluding carboxylic acids is 1. The summed E-state index contributed by atoms with van der Waals surface area (Å²) < 4.78 is 6.49. The zero-order valence-corrected chi connectivity index (χ0v) is 14.8. The van der Waals surface area contributed by atoms with Gasteiger partial charge in [-0.2, -0.15) is 0 Å². The number of methoxy groups -OCH3 is 1. The lowest BCUT2D eigenvalue weighted by atomic mass is 10.0. The Morgan fingerprint density at radius 1 is 1.19 bits per heavy atom. The van der Waals surface area contributed by atoms with E-state index in [4.69, 9.17) is 4.74 Å². The van der Waals surface area contributed by atoms with Crippen molar-refractivity contribution in [1.82, 2.24) is 14.9 Å². The van der Waals surface area contributed by atoms with Gasteiger partial charge in [-0.1, -0.05) is 31.2 Å². The molecule has 0 bridgehead atoms. The number of hydrogen-bond acceptors (Lipinski definition) is 4. The van der Waals surface area contributed by atoms with E-state index in [1.165, 1.54) is 10.9 Å². The first-order chi connectivity index (χ1) is 12.6. The number of hydrogen-bond donors (Lipinski definition) is 1. The molecule has 0 spiro atoms. The van der Waals surface area contributed by atoms with Crippen molar-refractivity contribution < 1.29 is 9.53 Å². The molecule has 0 radical (unpaired) electrons. The van der Waals surface area contributed by atoms with Crippen molar-refractivity contribution in [2.45, 2.75) is 25.9 Å². The van der Waals surface area contributed by atoms with Crippen LogP contribution in [0.15, 0.2) is 59.7 Å². The molecule has 6 nitrogen and oxygen atoms in total. The number of para-hydroxylation sites is 1. The number of carbonyl (C=O) groups is 1. The highest BCUT2D eigenvalue weighted by Gasteiger charge is 2.14. The molecule has 1 heterocycles. The Bertz CT molecular complexity index is 964. The van der Waals surface area contributed by atoms with Crippen molar-refractivity contribution in [3.8, 4) is 5.75 Å². The number of aromatic nitrogens is 2. The fraction of sp³-hybridized carbons (Fsp3) is 0.250. The Morgan fingerprint density at radius 3 is 2.62 bits per heavy atom. The van der Waals surface area contributed by atoms with Gasteiger partial charge >= 0.3 is 0 Å². The Kier molecular flexibility index (Phi) is 5.31. The molecule has 134 valence electrons. The largest absolute Gasteiger partial charge is 0.497 e. The van der Waals surface area contributed by atoms with Gasteiger partial charge in [0.05, 0.1) is 30.4 Å². The summed E-state index contributed by atoms with van der Waals surface area (Å²) in [6, 6.07) is 14.6. The molecule has 1 atom stereocenters. The maximum absolute atomic E-state index is 12.5. The maximum Gasteiger partial charge on any atom is 0.261 e. The minimum atomic E-state index is -0.230. The van der Waals surface area contributed by atoms with Crippen LogP contribution < -0.4 is 15.6 Å². The van der Waals surface area contributed by atoms with E-state index in [1.54, 1.807) is 25.3 Å². The standard InChI is InChI=1S/C20H21N3O3/c1-3-17(14-8-10-15(26-2)11-9-14)22-19(24)12-23-13-21-18-7-5-4-6-16(18)20(23)25/h4-11,13,17H,3,12H2,1-2H3,(H,22,24)/t17-/m1/s1. The van der Waals surface area contributed by atoms with Crippen LogP contribution in [0.25, 0.3) is 10.9 Å². The molecule has 3 aromatic rings. The number of ether oxygens (including phenoxy) is 1. The van der Waals surface area contributed by atoms with E-state index >= 15 is 0 Å². The first kappa shape index (κ1) is 17.7. The van der Waals surface area contributed by atoms with Crippen molar-refractivity contribution in [3.63, 3.8) is 0 Å². The summed E-state index contributed by atoms with van der Waals surface area (Å²) in [4.78, 5) is 29.2. The van der Waals surface area contributed by atoms with Crippen molar-refractivity contribution in [3.05, 3.63) is 70.8 Å². The first-order valence-corrected chi connectivity index (χ1v) is 8.50. The zero-order chi connectivity index (χ0) is 18.5. The second kappa shape index (κ2) is 7.82. The molecule has 0 unspecified atom stereocenters. The second-order valence-electron chi connectivity index (χ2n) is 6.00. The normalized spacial score (nSPS) is 11.9. The molecule has 0 aliphatic carbocycles. The highest BCUT2D eigenvalue weighted by Crippen LogP contribution is 2.20. The number of rotatable bonds is 6. The van der Waals surface area contributed by atoms with Gasteiger partial charge in [0.25, 0.3) is 5.56 Å². The van der Waals surface area contributed by atoms with Crippen molar-refractivity contribution in [2.75, 3.05) is 7.11 Å². The zero-order valence-electron chi connectivity index (χ0n) is 14.8. The summed E-state index contributed by atoms with van der Waals surface area (Å²) in [5.74, 6) is 0.538. The molecule has 26 heavy (non-hydrogen) atoms. The lowest BCUT2D eigenvalue weighted by Crippen LogP contribution is -2.34. The Morgan fingerprint density at radius 2 is 1.92 bits per heavy atom. The van der Waals surface area contributed by atoms with E-state index < -0.39 is 0 Å². The van der Waals surface area contributed by atoms with E-state index in [1.807, 2.05) is 37.3 Å². The summed E-state index contributed by atoms with van der Waals surface area (Å²) in [7, 11) is 1.61. The molecular formula is C20H21N3O3. The first-order valence-electron chi connectivity index (χ1n) is 8.50. The Balaban J connectivity index is 1.75. The Hall–Kier alpha value is -3.15. The second-order valence-corrected chi connectivity index (χ2v) is 6.00. The number of benzene rings is 2. The lowest BCUT2D eigenvalue weighted by molar-refractivity contribution is -0.122. The van der Waals surface area contributed by atoms with Gasteiger partial charge in [0.1, 0.15) is 12.3 Å². The quantitative estimate of drug-likeness (QED) is 0.741. The molecule has 2 aromatic carbocycles. The number of nitrogens with zero attached hydrogens (tertiary/aromatic N) is 2. The fourth-order valence-corrected chi connectivity index (χ4v) is 2.87. The highest BCUT2D eigenvalue weighted by molar-refractivity contribution is 5.79. The van der Waals surface area contributed by atoms with Crippen LogP contribution in [-0.2, 0) is 11.3 Å². The van der Waals surface area contributed by atoms with Crippen molar-refractivity contribution >= 4 is 16.8 Å². The van der Waals surface area contributed by atoms with Gasteiger partial charge in [-0.3, -0.25) is 14.2 Å². The van der Waals surface area contributed by atoms with Gasteiger partial charge in [-0.25, -0.2) is 4.98 Å². The van der Waals surface area contributed by atoms with Crippen molar-refractivity contribution in [1.29, 1.82) is 0 Å². The topological polar surface area (TPSA) is 73.2 Å². The van der Waals surface area contributed by atoms with E-state index in [2.05, 4.69) is 10.3 Å². The van der Waals surface area contributed by atoms with Gasteiger partial charge in [0.15, 0.2) is 0 Å². The summed E-state index contributed by atoms with van der Waals surface area (Å²) >= 11 is 0. The summed E-state index contributed by atoms with van der Waals surface area (Å²) in [5.41, 5.74) is 1.40. The molecule has 0 aliphatic rings. The molecule has 1 amide bonds. The van der Waals surface area contributed by atoms with Crippen LogP contribution in [0.5, 0.6) is 5.75 Å². The molecule has 3 rings (SSSR count). The van der Waals surface area contributed by atoms with Crippen LogP contribution in [0.1, 0.15) is 24.9 Å². The van der Waals surface area contributed by atoms with Crippen LogP contribution in [-0.4, -0.2) is 22.6 Å². The van der Waals surface area contributed by atoms with Crippen molar-refractivity contribution in [2.24, 2.45) is 0 Å². The number of nitrogens with one attached hydrogen (secondary N) is 1. The summed E-state index contributed by atoms with van der Waals surface area (Å²) in [6.07, 6.45) is 2.15. The molecular weight excluding hydrogens is 330 g/mol. The predicted molar refractivity (Wildman–Crippen MR) is 100 cm³/mol. The van der Waals surface area contributed by atoms with Gasteiger partial charge in [-0.15, -0.1) is 0 Å². The molecule has 0 saturated heterocycles. The van der Waals surface area contributed by atoms with Gasteiger partial charge in [0.2, 0.25) is 5.91 Å². The van der Waals surface area contributed by atoms with Gasteiger partial charge in [-0.05, 0) is 36.2 Å². The Labute approximate surface area is 151 Å². The van der Waals surface area contributed by atoms with Crippen LogP contribution in [0.3, 0.4) is 0 Å². The van der Waals surface area contributed by atoms with E-state index in [0.717, 1.165) is 17.7 Å². The summed E-state index contributed by atoms with van der Waals surface area (Å²) in [6.45, 7) is 1.93. The van der Waals surface area contributed by atoms with E-state index in [0.29, 0.717) is 10.9 Å². The van der Waals surface area contributed by atoms with Crippen LogP contribution in [0, 0.1) is 0 Å². The van der Waals surface area contributed by atoms with Crippen LogP contribution in [0.2, 0.25) is 0 Å². The molecule has 0 aliphatic heterocycles. The third kappa shape index (κ3) is 3.74. The fourth-order valence-electron chi connectivity index (χ4n) is 2.87. The number of amides is 1. The van der Waals surface area contributed by atoms with E-state index in [9.17, 15) is 9.59 Å². The summed E-state index contributed by atoms with van der Waals surface area (Å²) in [5, 5.41) is 3.48. The lowest BCUT2D eigenvalue weighted by Gasteiger charge is -2.18. The minimum Gasteiger partial charge on any atom is -0.497 e. The maximum atomic E-state index is 12.5.